The van der Waals surface area contributed by atoms with Crippen LogP contribution in [0.25, 0.3) is 0 Å². The number of rotatable bonds is 2. The van der Waals surface area contributed by atoms with Crippen LogP contribution in [0.3, 0.4) is 0 Å². The number of piperazine rings is 1. The largest absolute Gasteiger partial charge is 0.336 e. The number of halogens is 1. The molecule has 2 atom stereocenters. The number of amides is 1. The lowest BCUT2D eigenvalue weighted by Gasteiger charge is -2.44. The van der Waals surface area contributed by atoms with Gasteiger partial charge < -0.3 is 4.90 Å². The summed E-state index contributed by atoms with van der Waals surface area (Å²) in [6, 6.07) is 6.50. The van der Waals surface area contributed by atoms with E-state index in [9.17, 15) is 9.18 Å². The second-order valence-corrected chi connectivity index (χ2v) is 5.25. The Morgan fingerprint density at radius 3 is 2.21 bits per heavy atom. The molecule has 1 saturated heterocycles. The minimum absolute atomic E-state index is 0.00514. The van der Waals surface area contributed by atoms with Crippen molar-refractivity contribution in [2.45, 2.75) is 32.9 Å². The van der Waals surface area contributed by atoms with Gasteiger partial charge in [-0.25, -0.2) is 4.39 Å². The van der Waals surface area contributed by atoms with Crippen molar-refractivity contribution < 1.29 is 9.18 Å². The Labute approximate surface area is 114 Å². The first-order valence-electron chi connectivity index (χ1n) is 6.83. The Kier molecular flexibility index (Phi) is 4.20. The standard InChI is InChI=1S/C15H21FN2O/c1-4-18-11(2)9-17(10-12(18)3)15(19)13-5-7-14(16)8-6-13/h5-8,11-12H,4,9-10H2,1-3H3. The summed E-state index contributed by atoms with van der Waals surface area (Å²) in [5.41, 5.74) is 0.561. The molecular weight excluding hydrogens is 243 g/mol. The number of nitrogens with zero attached hydrogens (tertiary/aromatic N) is 2. The van der Waals surface area contributed by atoms with Crippen molar-refractivity contribution in [1.82, 2.24) is 9.80 Å². The molecule has 1 aromatic rings. The summed E-state index contributed by atoms with van der Waals surface area (Å²) in [5.74, 6) is -0.316. The normalized spacial score (nSPS) is 24.5. The second-order valence-electron chi connectivity index (χ2n) is 5.25. The Bertz CT molecular complexity index is 434. The van der Waals surface area contributed by atoms with E-state index in [1.807, 2.05) is 4.90 Å². The molecule has 104 valence electrons. The second kappa shape index (κ2) is 5.70. The van der Waals surface area contributed by atoms with Crippen molar-refractivity contribution in [3.05, 3.63) is 35.6 Å². The van der Waals surface area contributed by atoms with Gasteiger partial charge in [-0.3, -0.25) is 9.69 Å². The van der Waals surface area contributed by atoms with Gasteiger partial charge >= 0.3 is 0 Å². The fraction of sp³-hybridized carbons (Fsp3) is 0.533. The lowest BCUT2D eigenvalue weighted by atomic mass is 10.1. The molecule has 3 nitrogen and oxygen atoms in total. The molecule has 1 aliphatic rings. The number of benzene rings is 1. The molecule has 0 bridgehead atoms. The molecule has 0 aliphatic carbocycles. The number of hydrogen-bond acceptors (Lipinski definition) is 2. The van der Waals surface area contributed by atoms with Crippen molar-refractivity contribution in [3.8, 4) is 0 Å². The molecule has 2 rings (SSSR count). The highest BCUT2D eigenvalue weighted by atomic mass is 19.1. The Morgan fingerprint density at radius 1 is 1.21 bits per heavy atom. The SMILES string of the molecule is CCN1C(C)CN(C(=O)c2ccc(F)cc2)CC1C. The average molecular weight is 264 g/mol. The lowest BCUT2D eigenvalue weighted by Crippen LogP contribution is -2.57. The fourth-order valence-electron chi connectivity index (χ4n) is 2.92. The summed E-state index contributed by atoms with van der Waals surface area (Å²) in [4.78, 5) is 16.6. The third-order valence-corrected chi connectivity index (χ3v) is 3.85. The van der Waals surface area contributed by atoms with E-state index in [1.165, 1.54) is 12.1 Å². The van der Waals surface area contributed by atoms with Crippen LogP contribution in [0.5, 0.6) is 0 Å². The van der Waals surface area contributed by atoms with Gasteiger partial charge in [0.25, 0.3) is 5.91 Å². The molecule has 1 fully saturated rings. The summed E-state index contributed by atoms with van der Waals surface area (Å²) in [7, 11) is 0. The van der Waals surface area contributed by atoms with Gasteiger partial charge in [-0.2, -0.15) is 0 Å². The maximum atomic E-state index is 12.9. The van der Waals surface area contributed by atoms with Gasteiger partial charge in [-0.05, 0) is 44.7 Å². The van der Waals surface area contributed by atoms with Gasteiger partial charge in [0.05, 0.1) is 0 Å². The summed E-state index contributed by atoms with van der Waals surface area (Å²) in [5, 5.41) is 0. The molecule has 1 aromatic carbocycles. The third kappa shape index (κ3) is 2.95. The van der Waals surface area contributed by atoms with Gasteiger partial charge in [0.2, 0.25) is 0 Å². The highest BCUT2D eigenvalue weighted by Gasteiger charge is 2.30. The molecule has 2 unspecified atom stereocenters. The van der Waals surface area contributed by atoms with E-state index in [0.717, 1.165) is 19.6 Å². The van der Waals surface area contributed by atoms with Gasteiger partial charge in [0.1, 0.15) is 5.82 Å². The zero-order valence-electron chi connectivity index (χ0n) is 11.8. The van der Waals surface area contributed by atoms with Crippen molar-refractivity contribution >= 4 is 5.91 Å². The van der Waals surface area contributed by atoms with Crippen LogP contribution in [0.15, 0.2) is 24.3 Å². The molecule has 0 aromatic heterocycles. The predicted octanol–water partition coefficient (Wildman–Crippen LogP) is 2.38. The van der Waals surface area contributed by atoms with Gasteiger partial charge in [0, 0.05) is 30.7 Å². The summed E-state index contributed by atoms with van der Waals surface area (Å²) >= 11 is 0. The van der Waals surface area contributed by atoms with E-state index in [2.05, 4.69) is 25.7 Å². The zero-order chi connectivity index (χ0) is 14.0. The first-order valence-corrected chi connectivity index (χ1v) is 6.83. The van der Waals surface area contributed by atoms with E-state index < -0.39 is 0 Å². The summed E-state index contributed by atoms with van der Waals surface area (Å²) in [6.45, 7) is 8.89. The number of carbonyl (C=O) groups excluding carboxylic acids is 1. The van der Waals surface area contributed by atoms with Crippen LogP contribution in [0.4, 0.5) is 4.39 Å². The van der Waals surface area contributed by atoms with E-state index >= 15 is 0 Å². The molecular formula is C15H21FN2O. The fourth-order valence-corrected chi connectivity index (χ4v) is 2.92. The molecule has 0 spiro atoms. The highest BCUT2D eigenvalue weighted by molar-refractivity contribution is 5.94. The first-order chi connectivity index (χ1) is 9.02. The predicted molar refractivity (Wildman–Crippen MR) is 73.6 cm³/mol. The summed E-state index contributed by atoms with van der Waals surface area (Å²) < 4.78 is 12.9. The lowest BCUT2D eigenvalue weighted by molar-refractivity contribution is 0.0330. The van der Waals surface area contributed by atoms with Crippen LogP contribution in [0, 0.1) is 5.82 Å². The van der Waals surface area contributed by atoms with Crippen molar-refractivity contribution in [2.24, 2.45) is 0 Å². The van der Waals surface area contributed by atoms with E-state index in [-0.39, 0.29) is 11.7 Å². The number of hydrogen-bond donors (Lipinski definition) is 0. The molecule has 19 heavy (non-hydrogen) atoms. The van der Waals surface area contributed by atoms with E-state index in [4.69, 9.17) is 0 Å². The van der Waals surface area contributed by atoms with Crippen molar-refractivity contribution in [1.29, 1.82) is 0 Å². The minimum atomic E-state index is -0.311. The third-order valence-electron chi connectivity index (χ3n) is 3.85. The molecule has 0 N–H and O–H groups in total. The Hall–Kier alpha value is -1.42. The Balaban J connectivity index is 2.10. The smallest absolute Gasteiger partial charge is 0.253 e. The Morgan fingerprint density at radius 2 is 1.74 bits per heavy atom. The summed E-state index contributed by atoms with van der Waals surface area (Å²) in [6.07, 6.45) is 0. The van der Waals surface area contributed by atoms with Gasteiger partial charge in [-0.15, -0.1) is 0 Å². The molecule has 1 aliphatic heterocycles. The monoisotopic (exact) mass is 264 g/mol. The number of carbonyl (C=O) groups is 1. The minimum Gasteiger partial charge on any atom is -0.336 e. The van der Waals surface area contributed by atoms with Crippen LogP contribution in [0.1, 0.15) is 31.1 Å². The van der Waals surface area contributed by atoms with Crippen molar-refractivity contribution in [3.63, 3.8) is 0 Å². The van der Waals surface area contributed by atoms with Crippen LogP contribution in [-0.2, 0) is 0 Å². The quantitative estimate of drug-likeness (QED) is 0.819. The molecule has 0 saturated carbocycles. The highest BCUT2D eigenvalue weighted by Crippen LogP contribution is 2.17. The average Bonchev–Trinajstić information content (AvgIpc) is 2.38. The van der Waals surface area contributed by atoms with Crippen molar-refractivity contribution in [2.75, 3.05) is 19.6 Å². The number of likely N-dealkylation sites (N-methyl/N-ethyl adjacent to an activating group) is 1. The van der Waals surface area contributed by atoms with Gasteiger partial charge in [0.15, 0.2) is 0 Å². The van der Waals surface area contributed by atoms with Crippen LogP contribution in [-0.4, -0.2) is 47.4 Å². The van der Waals surface area contributed by atoms with Crippen LogP contribution < -0.4 is 0 Å². The van der Waals surface area contributed by atoms with Gasteiger partial charge in [-0.1, -0.05) is 6.92 Å². The van der Waals surface area contributed by atoms with E-state index in [1.54, 1.807) is 12.1 Å². The van der Waals surface area contributed by atoms with Crippen LogP contribution in [0.2, 0.25) is 0 Å². The topological polar surface area (TPSA) is 23.6 Å². The van der Waals surface area contributed by atoms with E-state index in [0.29, 0.717) is 17.6 Å². The first kappa shape index (κ1) is 14.0. The zero-order valence-corrected chi connectivity index (χ0v) is 11.8. The maximum absolute atomic E-state index is 12.9. The molecule has 4 heteroatoms. The molecule has 1 amide bonds. The van der Waals surface area contributed by atoms with Crippen LogP contribution >= 0.6 is 0 Å². The maximum Gasteiger partial charge on any atom is 0.253 e. The molecule has 0 radical (unpaired) electrons. The molecule has 1 heterocycles.